The highest BCUT2D eigenvalue weighted by molar-refractivity contribution is 5.86. The van der Waals surface area contributed by atoms with Gasteiger partial charge < -0.3 is 9.64 Å². The second-order valence-electron chi connectivity index (χ2n) is 7.04. The minimum Gasteiger partial charge on any atom is -0.443 e. The molecule has 2 rings (SSSR count). The van der Waals surface area contributed by atoms with Gasteiger partial charge in [-0.2, -0.15) is 0 Å². The molecule has 2 heterocycles. The molecule has 1 aliphatic heterocycles. The number of ether oxygens (including phenoxy) is 1. The molecule has 0 N–H and O–H groups in total. The molecule has 132 valence electrons. The van der Waals surface area contributed by atoms with Crippen molar-refractivity contribution in [2.45, 2.75) is 59.1 Å². The molecule has 1 aliphatic rings. The number of rotatable bonds is 3. The van der Waals surface area contributed by atoms with Gasteiger partial charge in [0.2, 0.25) is 5.91 Å². The lowest BCUT2D eigenvalue weighted by molar-refractivity contribution is -0.129. The zero-order valence-electron chi connectivity index (χ0n) is 15.2. The minimum atomic E-state index is -0.545. The summed E-state index contributed by atoms with van der Waals surface area (Å²) in [7, 11) is 0. The van der Waals surface area contributed by atoms with Crippen LogP contribution in [0, 0.1) is 0 Å². The number of anilines is 1. The lowest BCUT2D eigenvalue weighted by atomic mass is 10.1. The van der Waals surface area contributed by atoms with Gasteiger partial charge in [-0.25, -0.2) is 9.78 Å². The Morgan fingerprint density at radius 1 is 1.38 bits per heavy atom. The molecular weight excluding hydrogens is 306 g/mol. The van der Waals surface area contributed by atoms with Crippen LogP contribution >= 0.6 is 0 Å². The Bertz CT molecular complexity index is 593. The largest absolute Gasteiger partial charge is 0.443 e. The fourth-order valence-electron chi connectivity index (χ4n) is 2.95. The Morgan fingerprint density at radius 2 is 2.08 bits per heavy atom. The van der Waals surface area contributed by atoms with E-state index in [0.717, 1.165) is 24.9 Å². The molecular formula is C18H27N3O3. The second-order valence-corrected chi connectivity index (χ2v) is 7.04. The summed E-state index contributed by atoms with van der Waals surface area (Å²) in [5.74, 6) is 0.647. The first-order chi connectivity index (χ1) is 11.2. The third-order valence-corrected chi connectivity index (χ3v) is 4.02. The van der Waals surface area contributed by atoms with Gasteiger partial charge in [0.05, 0.1) is 6.04 Å². The number of pyridine rings is 1. The van der Waals surface area contributed by atoms with Gasteiger partial charge in [-0.1, -0.05) is 6.07 Å². The fraction of sp³-hybridized carbons (Fsp3) is 0.611. The molecule has 1 fully saturated rings. The SMILES string of the molecule is CCN(C(=O)OC(C)(C)C)c1ccc(C2CCCN2C(C)=O)cn1. The third kappa shape index (κ3) is 4.24. The van der Waals surface area contributed by atoms with Crippen LogP contribution in [0.3, 0.4) is 0 Å². The number of carbonyl (C=O) groups is 2. The topological polar surface area (TPSA) is 62.7 Å². The molecule has 0 bridgehead atoms. The predicted octanol–water partition coefficient (Wildman–Crippen LogP) is 3.53. The Labute approximate surface area is 143 Å². The fourth-order valence-corrected chi connectivity index (χ4v) is 2.95. The number of aromatic nitrogens is 1. The van der Waals surface area contributed by atoms with Crippen molar-refractivity contribution in [1.82, 2.24) is 9.88 Å². The maximum Gasteiger partial charge on any atom is 0.415 e. The summed E-state index contributed by atoms with van der Waals surface area (Å²) in [5, 5.41) is 0. The standard InChI is InChI=1S/C18H27N3O3/c1-6-20(17(23)24-18(3,4)5)16-10-9-14(12-19-16)15-8-7-11-21(15)13(2)22/h9-10,12,15H,6-8,11H2,1-5H3. The Hall–Kier alpha value is -2.11. The molecule has 0 radical (unpaired) electrons. The van der Waals surface area contributed by atoms with E-state index in [0.29, 0.717) is 12.4 Å². The molecule has 1 atom stereocenters. The van der Waals surface area contributed by atoms with Crippen LogP contribution in [0.25, 0.3) is 0 Å². The summed E-state index contributed by atoms with van der Waals surface area (Å²) in [6, 6.07) is 3.85. The molecule has 24 heavy (non-hydrogen) atoms. The molecule has 6 heteroatoms. The number of nitrogens with zero attached hydrogens (tertiary/aromatic N) is 3. The Kier molecular flexibility index (Phi) is 5.47. The van der Waals surface area contributed by atoms with Crippen LogP contribution in [0.2, 0.25) is 0 Å². The first-order valence-corrected chi connectivity index (χ1v) is 8.46. The summed E-state index contributed by atoms with van der Waals surface area (Å²) < 4.78 is 5.42. The van der Waals surface area contributed by atoms with Crippen molar-refractivity contribution in [1.29, 1.82) is 0 Å². The van der Waals surface area contributed by atoms with Crippen molar-refractivity contribution in [2.75, 3.05) is 18.0 Å². The van der Waals surface area contributed by atoms with Crippen molar-refractivity contribution < 1.29 is 14.3 Å². The van der Waals surface area contributed by atoms with Crippen LogP contribution < -0.4 is 4.90 Å². The molecule has 6 nitrogen and oxygen atoms in total. The Morgan fingerprint density at radius 3 is 2.58 bits per heavy atom. The van der Waals surface area contributed by atoms with Gasteiger partial charge in [0, 0.05) is 26.2 Å². The lowest BCUT2D eigenvalue weighted by Gasteiger charge is -2.27. The van der Waals surface area contributed by atoms with Gasteiger partial charge in [-0.05, 0) is 52.2 Å². The van der Waals surface area contributed by atoms with Gasteiger partial charge in [-0.15, -0.1) is 0 Å². The monoisotopic (exact) mass is 333 g/mol. The van der Waals surface area contributed by atoms with Crippen LogP contribution in [0.1, 0.15) is 59.1 Å². The molecule has 1 unspecified atom stereocenters. The maximum absolute atomic E-state index is 12.3. The van der Waals surface area contributed by atoms with E-state index in [1.54, 1.807) is 13.1 Å². The second kappa shape index (κ2) is 7.20. The van der Waals surface area contributed by atoms with E-state index in [2.05, 4.69) is 4.98 Å². The van der Waals surface area contributed by atoms with Crippen molar-refractivity contribution in [3.8, 4) is 0 Å². The number of hydrogen-bond acceptors (Lipinski definition) is 4. The molecule has 1 saturated heterocycles. The van der Waals surface area contributed by atoms with Crippen LogP contribution in [0.4, 0.5) is 10.6 Å². The highest BCUT2D eigenvalue weighted by Gasteiger charge is 2.28. The van der Waals surface area contributed by atoms with E-state index in [1.807, 2.05) is 44.7 Å². The molecule has 0 saturated carbocycles. The van der Waals surface area contributed by atoms with Gasteiger partial charge in [-0.3, -0.25) is 9.69 Å². The summed E-state index contributed by atoms with van der Waals surface area (Å²) in [6.07, 6.45) is 3.31. The summed E-state index contributed by atoms with van der Waals surface area (Å²) in [5.41, 5.74) is 0.461. The van der Waals surface area contributed by atoms with Gasteiger partial charge >= 0.3 is 6.09 Å². The molecule has 0 spiro atoms. The van der Waals surface area contributed by atoms with Crippen molar-refractivity contribution in [2.24, 2.45) is 0 Å². The van der Waals surface area contributed by atoms with E-state index < -0.39 is 11.7 Å². The van der Waals surface area contributed by atoms with Gasteiger partial charge in [0.15, 0.2) is 0 Å². The molecule has 0 aliphatic carbocycles. The lowest BCUT2D eigenvalue weighted by Crippen LogP contribution is -2.37. The molecule has 2 amide bonds. The average molecular weight is 333 g/mol. The van der Waals surface area contributed by atoms with E-state index in [9.17, 15) is 9.59 Å². The van der Waals surface area contributed by atoms with Gasteiger partial charge in [0.25, 0.3) is 0 Å². The smallest absolute Gasteiger partial charge is 0.415 e. The summed E-state index contributed by atoms with van der Waals surface area (Å²) in [4.78, 5) is 31.8. The number of amides is 2. The number of carbonyl (C=O) groups excluding carboxylic acids is 2. The maximum atomic E-state index is 12.3. The van der Waals surface area contributed by atoms with Gasteiger partial charge in [0.1, 0.15) is 11.4 Å². The minimum absolute atomic E-state index is 0.0839. The zero-order chi connectivity index (χ0) is 17.9. The van der Waals surface area contributed by atoms with Crippen molar-refractivity contribution >= 4 is 17.8 Å². The van der Waals surface area contributed by atoms with Crippen LogP contribution in [-0.2, 0) is 9.53 Å². The summed E-state index contributed by atoms with van der Waals surface area (Å²) in [6.45, 7) is 10.3. The third-order valence-electron chi connectivity index (χ3n) is 4.02. The predicted molar refractivity (Wildman–Crippen MR) is 92.9 cm³/mol. The quantitative estimate of drug-likeness (QED) is 0.849. The first kappa shape index (κ1) is 18.2. The highest BCUT2D eigenvalue weighted by Crippen LogP contribution is 2.32. The van der Waals surface area contributed by atoms with Crippen LogP contribution in [0.5, 0.6) is 0 Å². The summed E-state index contributed by atoms with van der Waals surface area (Å²) >= 11 is 0. The zero-order valence-corrected chi connectivity index (χ0v) is 15.2. The number of hydrogen-bond donors (Lipinski definition) is 0. The molecule has 1 aromatic heterocycles. The first-order valence-electron chi connectivity index (χ1n) is 8.46. The normalized spacial score (nSPS) is 17.7. The van der Waals surface area contributed by atoms with E-state index >= 15 is 0 Å². The van der Waals surface area contributed by atoms with Crippen LogP contribution in [-0.4, -0.2) is 40.6 Å². The highest BCUT2D eigenvalue weighted by atomic mass is 16.6. The average Bonchev–Trinajstić information content (AvgIpc) is 2.96. The van der Waals surface area contributed by atoms with E-state index in [1.165, 1.54) is 4.90 Å². The van der Waals surface area contributed by atoms with E-state index in [4.69, 9.17) is 4.74 Å². The van der Waals surface area contributed by atoms with Crippen LogP contribution in [0.15, 0.2) is 18.3 Å². The number of likely N-dealkylation sites (tertiary alicyclic amines) is 1. The molecule has 1 aromatic rings. The van der Waals surface area contributed by atoms with E-state index in [-0.39, 0.29) is 11.9 Å². The van der Waals surface area contributed by atoms with Crippen molar-refractivity contribution in [3.63, 3.8) is 0 Å². The van der Waals surface area contributed by atoms with Crippen molar-refractivity contribution in [3.05, 3.63) is 23.9 Å². The Balaban J connectivity index is 2.15. The molecule has 0 aromatic carbocycles.